The van der Waals surface area contributed by atoms with Crippen LogP contribution in [0, 0.1) is 0 Å². The molecular weight excluding hydrogens is 605 g/mol. The first-order chi connectivity index (χ1) is 23.3. The molecule has 0 radical (unpaired) electrons. The van der Waals surface area contributed by atoms with E-state index in [0.29, 0.717) is 0 Å². The first-order valence-electron chi connectivity index (χ1n) is 18.9. The van der Waals surface area contributed by atoms with Crippen LogP contribution in [0.5, 0.6) is 0 Å². The fourth-order valence-corrected chi connectivity index (χ4v) is 10.2. The Hall–Kier alpha value is -4.30. The van der Waals surface area contributed by atoms with Crippen LogP contribution in [0.1, 0.15) is 128 Å². The highest BCUT2D eigenvalue weighted by Gasteiger charge is 2.36. The van der Waals surface area contributed by atoms with Gasteiger partial charge in [-0.25, -0.2) is 0 Å². The smallest absolute Gasteiger partial charge is 0.0634 e. The standard InChI is InChI=1S/C48H48N2/c1-45(2,3)27-15-23-13-24-16-28(46(4,5)6)21-33-37-38-34-22-30(48(10,11)12)18-26-14-25-17-29(47(7,8)9)20-32-36(44(38)50(41(25)32)42(26)34)35-31(19-27)39(23)49(40(24)33)43(35)37/h15-22H,13-14H2,1-12H3. The summed E-state index contributed by atoms with van der Waals surface area (Å²) in [5, 5.41) is 11.6. The predicted molar refractivity (Wildman–Crippen MR) is 216 cm³/mol. The van der Waals surface area contributed by atoms with Crippen molar-refractivity contribution >= 4 is 76.2 Å². The van der Waals surface area contributed by atoms with Gasteiger partial charge in [0.1, 0.15) is 0 Å². The summed E-state index contributed by atoms with van der Waals surface area (Å²) < 4.78 is 5.46. The first kappa shape index (κ1) is 29.4. The normalized spacial score (nSPS) is 15.4. The highest BCUT2D eigenvalue weighted by atomic mass is 15.0. The number of nitrogens with zero attached hydrogens (tertiary/aromatic N) is 2. The van der Waals surface area contributed by atoms with Crippen molar-refractivity contribution in [2.45, 2.75) is 118 Å². The minimum Gasteiger partial charge on any atom is -0.307 e. The summed E-state index contributed by atoms with van der Waals surface area (Å²) in [5.74, 6) is 0. The monoisotopic (exact) mass is 652 g/mol. The maximum absolute atomic E-state index is 2.73. The predicted octanol–water partition coefficient (Wildman–Crippen LogP) is 13.0. The lowest BCUT2D eigenvalue weighted by Gasteiger charge is -2.25. The lowest BCUT2D eigenvalue weighted by atomic mass is 9.80. The third-order valence-corrected chi connectivity index (χ3v) is 12.8. The molecule has 2 heteroatoms. The Kier molecular flexibility index (Phi) is 4.86. The van der Waals surface area contributed by atoms with Gasteiger partial charge in [-0.2, -0.15) is 0 Å². The van der Waals surface area contributed by atoms with E-state index in [-0.39, 0.29) is 21.7 Å². The van der Waals surface area contributed by atoms with E-state index >= 15 is 0 Å². The molecule has 4 aromatic heterocycles. The zero-order chi connectivity index (χ0) is 34.9. The van der Waals surface area contributed by atoms with Crippen molar-refractivity contribution in [2.24, 2.45) is 0 Å². The lowest BCUT2D eigenvalue weighted by Crippen LogP contribution is -2.14. The Bertz CT molecular complexity index is 2630. The van der Waals surface area contributed by atoms with Crippen molar-refractivity contribution in [1.82, 2.24) is 8.80 Å². The van der Waals surface area contributed by atoms with Crippen LogP contribution >= 0.6 is 0 Å². The Balaban J connectivity index is 1.53. The van der Waals surface area contributed by atoms with E-state index in [2.05, 4.69) is 140 Å². The van der Waals surface area contributed by atoms with Gasteiger partial charge in [-0.05, 0) is 90.4 Å². The number of fused-ring (bicyclic) bond motifs is 6. The van der Waals surface area contributed by atoms with Crippen molar-refractivity contribution < 1.29 is 0 Å². The van der Waals surface area contributed by atoms with Crippen LogP contribution in [0.15, 0.2) is 48.5 Å². The average molecular weight is 653 g/mol. The molecule has 50 heavy (non-hydrogen) atoms. The summed E-state index contributed by atoms with van der Waals surface area (Å²) in [5.41, 5.74) is 20.5. The molecule has 0 aliphatic carbocycles. The van der Waals surface area contributed by atoms with Gasteiger partial charge in [-0.1, -0.05) is 107 Å². The summed E-state index contributed by atoms with van der Waals surface area (Å²) >= 11 is 0. The zero-order valence-electron chi connectivity index (χ0n) is 31.9. The molecule has 2 nitrogen and oxygen atoms in total. The SMILES string of the molecule is CC(C)(C)c1cc2c3c(c1)c1c4c5cc(C(C)(C)C)cc6c5n5c7c(cc(C(C)(C)C)cc7c(c7c8cc(C(C)(C)C)cc(c8n3c17)C2)c45)C6. The molecule has 0 bridgehead atoms. The second-order valence-electron chi connectivity index (χ2n) is 20.3. The topological polar surface area (TPSA) is 8.82 Å². The Morgan fingerprint density at radius 3 is 0.740 bits per heavy atom. The molecule has 0 atom stereocenters. The van der Waals surface area contributed by atoms with Crippen LogP contribution in [-0.2, 0) is 34.5 Å². The summed E-state index contributed by atoms with van der Waals surface area (Å²) in [6, 6.07) is 20.5. The third kappa shape index (κ3) is 3.29. The molecule has 11 rings (SSSR count). The molecule has 250 valence electrons. The second-order valence-corrected chi connectivity index (χ2v) is 20.3. The van der Waals surface area contributed by atoms with Crippen molar-refractivity contribution in [1.29, 1.82) is 0 Å². The fourth-order valence-electron chi connectivity index (χ4n) is 10.2. The molecule has 0 fully saturated rings. The van der Waals surface area contributed by atoms with Crippen LogP contribution in [-0.4, -0.2) is 8.80 Å². The van der Waals surface area contributed by atoms with Crippen LogP contribution in [0.25, 0.3) is 76.2 Å². The number of benzene rings is 5. The zero-order valence-corrected chi connectivity index (χ0v) is 31.9. The van der Waals surface area contributed by atoms with E-state index in [4.69, 9.17) is 0 Å². The molecule has 2 aliphatic heterocycles. The highest BCUT2D eigenvalue weighted by Crippen LogP contribution is 2.56. The van der Waals surface area contributed by atoms with Crippen LogP contribution in [0.2, 0.25) is 0 Å². The Labute approximate surface area is 294 Å². The molecule has 0 N–H and O–H groups in total. The number of hydrogen-bond donors (Lipinski definition) is 0. The fraction of sp³-hybridized carbons (Fsp3) is 0.375. The van der Waals surface area contributed by atoms with Gasteiger partial charge in [-0.3, -0.25) is 0 Å². The first-order valence-corrected chi connectivity index (χ1v) is 18.9. The van der Waals surface area contributed by atoms with E-state index in [9.17, 15) is 0 Å². The maximum Gasteiger partial charge on any atom is 0.0634 e. The van der Waals surface area contributed by atoms with Gasteiger partial charge in [0.05, 0.1) is 33.1 Å². The Morgan fingerprint density at radius 2 is 0.540 bits per heavy atom. The number of rotatable bonds is 0. The van der Waals surface area contributed by atoms with Crippen molar-refractivity contribution in [3.05, 3.63) is 93.0 Å². The minimum atomic E-state index is 0.0513. The van der Waals surface area contributed by atoms with Gasteiger partial charge < -0.3 is 8.80 Å². The average Bonchev–Trinajstić information content (AvgIpc) is 3.72. The number of hydrogen-bond acceptors (Lipinski definition) is 0. The van der Waals surface area contributed by atoms with Crippen LogP contribution in [0.3, 0.4) is 0 Å². The van der Waals surface area contributed by atoms with E-state index in [1.807, 2.05) is 0 Å². The van der Waals surface area contributed by atoms with Crippen molar-refractivity contribution in [2.75, 3.05) is 0 Å². The molecule has 2 aliphatic rings. The van der Waals surface area contributed by atoms with Gasteiger partial charge in [0.25, 0.3) is 0 Å². The largest absolute Gasteiger partial charge is 0.307 e. The van der Waals surface area contributed by atoms with Gasteiger partial charge in [0.2, 0.25) is 0 Å². The highest BCUT2D eigenvalue weighted by molar-refractivity contribution is 6.46. The maximum atomic E-state index is 2.73. The molecule has 0 saturated heterocycles. The second kappa shape index (κ2) is 8.25. The summed E-state index contributed by atoms with van der Waals surface area (Å²) in [7, 11) is 0. The van der Waals surface area contributed by atoms with E-state index in [0.717, 1.165) is 12.8 Å². The minimum absolute atomic E-state index is 0.0513. The summed E-state index contributed by atoms with van der Waals surface area (Å²) in [6.45, 7) is 28.6. The third-order valence-electron chi connectivity index (χ3n) is 12.8. The van der Waals surface area contributed by atoms with E-state index in [1.165, 1.54) is 121 Å². The molecule has 6 heterocycles. The van der Waals surface area contributed by atoms with Gasteiger partial charge >= 0.3 is 0 Å². The summed E-state index contributed by atoms with van der Waals surface area (Å²) in [6.07, 6.45) is 1.97. The van der Waals surface area contributed by atoms with Gasteiger partial charge in [0.15, 0.2) is 0 Å². The quantitative estimate of drug-likeness (QED) is 0.154. The Morgan fingerprint density at radius 1 is 0.320 bits per heavy atom. The molecule has 0 spiro atoms. The van der Waals surface area contributed by atoms with Crippen molar-refractivity contribution in [3.8, 4) is 0 Å². The molecule has 5 aromatic carbocycles. The molecule has 9 aromatic rings. The summed E-state index contributed by atoms with van der Waals surface area (Å²) in [4.78, 5) is 0. The molecule has 0 saturated carbocycles. The van der Waals surface area contributed by atoms with Gasteiger partial charge in [-0.15, -0.1) is 0 Å². The molecule has 0 unspecified atom stereocenters. The van der Waals surface area contributed by atoms with Gasteiger partial charge in [0, 0.05) is 55.9 Å². The van der Waals surface area contributed by atoms with E-state index in [1.54, 1.807) is 0 Å². The molecular formula is C48H48N2. The number of aromatic nitrogens is 2. The van der Waals surface area contributed by atoms with Crippen molar-refractivity contribution in [3.63, 3.8) is 0 Å². The molecule has 0 amide bonds. The van der Waals surface area contributed by atoms with Crippen LogP contribution in [0.4, 0.5) is 0 Å². The lowest BCUT2D eigenvalue weighted by molar-refractivity contribution is 0.589. The van der Waals surface area contributed by atoms with E-state index < -0.39 is 0 Å². The van der Waals surface area contributed by atoms with Crippen LogP contribution < -0.4 is 0 Å².